The van der Waals surface area contributed by atoms with Crippen LogP contribution >= 0.6 is 11.3 Å². The number of nitrogens with one attached hydrogen (secondary N) is 1. The summed E-state index contributed by atoms with van der Waals surface area (Å²) in [5, 5.41) is 10.5. The Morgan fingerprint density at radius 1 is 1.00 bits per heavy atom. The van der Waals surface area contributed by atoms with Crippen LogP contribution in [-0.4, -0.2) is 63.5 Å². The van der Waals surface area contributed by atoms with E-state index in [0.717, 1.165) is 67.1 Å². The Labute approximate surface area is 228 Å². The SMILES string of the molecule is C=C(C(=O)N1C2CCC1CC2)c1cc2c(CCN3CCC(C(=O)O)CC3)c(-c3cc(C)cc(C)c3)[nH]c2s1. The van der Waals surface area contributed by atoms with Gasteiger partial charge in [-0.1, -0.05) is 23.8 Å². The smallest absolute Gasteiger partial charge is 0.306 e. The lowest BCUT2D eigenvalue weighted by molar-refractivity contribution is -0.143. The molecular weight excluding hydrogens is 494 g/mol. The summed E-state index contributed by atoms with van der Waals surface area (Å²) < 4.78 is 0. The molecule has 0 atom stereocenters. The maximum Gasteiger partial charge on any atom is 0.306 e. The second-order valence-electron chi connectivity index (χ2n) is 11.6. The highest BCUT2D eigenvalue weighted by atomic mass is 32.1. The molecule has 3 saturated heterocycles. The van der Waals surface area contributed by atoms with Gasteiger partial charge in [-0.05, 0) is 101 Å². The molecule has 200 valence electrons. The molecular formula is C31H37N3O3S. The number of carboxylic acids is 1. The first-order valence-electron chi connectivity index (χ1n) is 14.0. The van der Waals surface area contributed by atoms with E-state index in [0.29, 0.717) is 30.5 Å². The van der Waals surface area contributed by atoms with Gasteiger partial charge in [-0.3, -0.25) is 9.59 Å². The topological polar surface area (TPSA) is 76.6 Å². The minimum absolute atomic E-state index is 0.108. The first-order chi connectivity index (χ1) is 18.3. The number of fused-ring (bicyclic) bond motifs is 3. The number of carboxylic acid groups (broad SMARTS) is 1. The summed E-state index contributed by atoms with van der Waals surface area (Å²) in [6, 6.07) is 9.62. The van der Waals surface area contributed by atoms with Gasteiger partial charge < -0.3 is 19.9 Å². The first kappa shape index (κ1) is 25.4. The van der Waals surface area contributed by atoms with Gasteiger partial charge in [0.05, 0.1) is 11.6 Å². The number of piperidine rings is 1. The zero-order valence-corrected chi connectivity index (χ0v) is 23.2. The number of rotatable bonds is 7. The Hall–Kier alpha value is -2.90. The summed E-state index contributed by atoms with van der Waals surface area (Å²) in [5.74, 6) is -0.780. The number of benzene rings is 1. The van der Waals surface area contributed by atoms with Crippen molar-refractivity contribution in [3.05, 3.63) is 52.4 Å². The molecule has 7 heteroatoms. The van der Waals surface area contributed by atoms with Crippen molar-refractivity contribution in [3.8, 4) is 11.3 Å². The van der Waals surface area contributed by atoms with Crippen LogP contribution in [0.3, 0.4) is 0 Å². The predicted molar refractivity (Wildman–Crippen MR) is 154 cm³/mol. The molecule has 6 nitrogen and oxygen atoms in total. The fraction of sp³-hybridized carbons (Fsp3) is 0.484. The molecule has 5 heterocycles. The predicted octanol–water partition coefficient (Wildman–Crippen LogP) is 6.02. The molecule has 2 aromatic heterocycles. The maximum absolute atomic E-state index is 13.4. The number of aliphatic carboxylic acids is 1. The normalized spacial score (nSPS) is 22.0. The molecule has 0 radical (unpaired) electrons. The van der Waals surface area contributed by atoms with Crippen molar-refractivity contribution in [2.24, 2.45) is 5.92 Å². The number of aromatic amines is 1. The van der Waals surface area contributed by atoms with E-state index in [1.54, 1.807) is 11.3 Å². The molecule has 38 heavy (non-hydrogen) atoms. The van der Waals surface area contributed by atoms with Crippen molar-refractivity contribution in [2.75, 3.05) is 19.6 Å². The molecule has 3 aliphatic rings. The van der Waals surface area contributed by atoms with Crippen molar-refractivity contribution in [1.29, 1.82) is 0 Å². The van der Waals surface area contributed by atoms with Gasteiger partial charge in [0.15, 0.2) is 0 Å². The van der Waals surface area contributed by atoms with Crippen LogP contribution in [0.25, 0.3) is 27.0 Å². The third-order valence-corrected chi connectivity index (χ3v) is 10.1. The lowest BCUT2D eigenvalue weighted by Gasteiger charge is -2.30. The lowest BCUT2D eigenvalue weighted by Crippen LogP contribution is -2.37. The summed E-state index contributed by atoms with van der Waals surface area (Å²) in [4.78, 5) is 35.1. The van der Waals surface area contributed by atoms with Crippen molar-refractivity contribution in [1.82, 2.24) is 14.8 Å². The monoisotopic (exact) mass is 531 g/mol. The van der Waals surface area contributed by atoms with Crippen LogP contribution in [0.4, 0.5) is 0 Å². The van der Waals surface area contributed by atoms with Gasteiger partial charge in [-0.2, -0.15) is 0 Å². The second kappa shape index (κ2) is 10.0. The van der Waals surface area contributed by atoms with Crippen LogP contribution in [0.15, 0.2) is 30.8 Å². The number of H-pyrrole nitrogens is 1. The zero-order chi connectivity index (χ0) is 26.6. The fourth-order valence-electron chi connectivity index (χ4n) is 6.98. The Morgan fingerprint density at radius 3 is 2.24 bits per heavy atom. The van der Waals surface area contributed by atoms with Crippen LogP contribution in [0, 0.1) is 19.8 Å². The van der Waals surface area contributed by atoms with E-state index in [9.17, 15) is 14.7 Å². The number of likely N-dealkylation sites (tertiary alicyclic amines) is 1. The van der Waals surface area contributed by atoms with Gasteiger partial charge >= 0.3 is 5.97 Å². The van der Waals surface area contributed by atoms with Gasteiger partial charge in [-0.25, -0.2) is 0 Å². The maximum atomic E-state index is 13.4. The average Bonchev–Trinajstić information content (AvgIpc) is 3.66. The van der Waals surface area contributed by atoms with Crippen LogP contribution < -0.4 is 0 Å². The molecule has 0 spiro atoms. The highest BCUT2D eigenvalue weighted by molar-refractivity contribution is 7.20. The van der Waals surface area contributed by atoms with Crippen molar-refractivity contribution >= 4 is 39.0 Å². The lowest BCUT2D eigenvalue weighted by atomic mass is 9.96. The molecule has 1 aromatic carbocycles. The Balaban J connectivity index is 1.29. The Bertz CT molecular complexity index is 1370. The van der Waals surface area contributed by atoms with E-state index in [2.05, 4.69) is 59.5 Å². The summed E-state index contributed by atoms with van der Waals surface area (Å²) in [6.07, 6.45) is 6.80. The first-order valence-corrected chi connectivity index (χ1v) is 14.8. The van der Waals surface area contributed by atoms with E-state index in [1.165, 1.54) is 27.6 Å². The third-order valence-electron chi connectivity index (χ3n) is 8.97. The van der Waals surface area contributed by atoms with E-state index in [-0.39, 0.29) is 11.8 Å². The van der Waals surface area contributed by atoms with Gasteiger partial charge in [-0.15, -0.1) is 11.3 Å². The minimum atomic E-state index is -0.670. The molecule has 6 rings (SSSR count). The largest absolute Gasteiger partial charge is 0.481 e. The molecule has 0 aliphatic carbocycles. The van der Waals surface area contributed by atoms with E-state index >= 15 is 0 Å². The summed E-state index contributed by atoms with van der Waals surface area (Å²) in [6.45, 7) is 11.1. The Morgan fingerprint density at radius 2 is 1.63 bits per heavy atom. The van der Waals surface area contributed by atoms with Gasteiger partial charge in [0.1, 0.15) is 4.83 Å². The van der Waals surface area contributed by atoms with E-state index < -0.39 is 5.97 Å². The molecule has 3 aliphatic heterocycles. The number of nitrogens with zero attached hydrogens (tertiary/aromatic N) is 2. The standard InChI is InChI=1S/C31H37N3O3S/c1-18-14-19(2)16-22(15-18)28-25(10-13-33-11-8-21(9-12-33)31(36)37)26-17-27(38-29(26)32-28)20(3)30(35)34-23-4-5-24(34)7-6-23/h14-17,21,23-24,32H,3-13H2,1-2H3,(H,36,37). The van der Waals surface area contributed by atoms with Crippen LogP contribution in [0.1, 0.15) is 60.1 Å². The second-order valence-corrected chi connectivity index (χ2v) is 12.6. The van der Waals surface area contributed by atoms with Gasteiger partial charge in [0.2, 0.25) is 0 Å². The van der Waals surface area contributed by atoms with Crippen LogP contribution in [0.2, 0.25) is 0 Å². The summed E-state index contributed by atoms with van der Waals surface area (Å²) >= 11 is 1.64. The quantitative estimate of drug-likeness (QED) is 0.366. The van der Waals surface area contributed by atoms with E-state index in [4.69, 9.17) is 0 Å². The minimum Gasteiger partial charge on any atom is -0.481 e. The number of hydrogen-bond acceptors (Lipinski definition) is 4. The number of carbonyl (C=O) groups excluding carboxylic acids is 1. The van der Waals surface area contributed by atoms with Crippen LogP contribution in [0.5, 0.6) is 0 Å². The molecule has 2 N–H and O–H groups in total. The van der Waals surface area contributed by atoms with Gasteiger partial charge in [0.25, 0.3) is 5.91 Å². The molecule has 3 fully saturated rings. The van der Waals surface area contributed by atoms with E-state index in [1.807, 2.05) is 0 Å². The molecule has 1 amide bonds. The van der Waals surface area contributed by atoms with Crippen molar-refractivity contribution in [3.63, 3.8) is 0 Å². The molecule has 3 aromatic rings. The highest BCUT2D eigenvalue weighted by Crippen LogP contribution is 2.42. The van der Waals surface area contributed by atoms with Gasteiger partial charge in [0, 0.05) is 34.5 Å². The zero-order valence-electron chi connectivity index (χ0n) is 22.4. The number of aryl methyl sites for hydroxylation is 2. The van der Waals surface area contributed by atoms with Crippen molar-refractivity contribution in [2.45, 2.75) is 70.9 Å². The fourth-order valence-corrected chi connectivity index (χ4v) is 8.04. The van der Waals surface area contributed by atoms with Crippen molar-refractivity contribution < 1.29 is 14.7 Å². The number of amides is 1. The molecule has 0 unspecified atom stereocenters. The Kier molecular flexibility index (Phi) is 6.68. The molecule has 0 saturated carbocycles. The number of aromatic nitrogens is 1. The van der Waals surface area contributed by atoms with Crippen LogP contribution in [-0.2, 0) is 16.0 Å². The summed E-state index contributed by atoms with van der Waals surface area (Å²) in [5.41, 5.74) is 6.71. The highest BCUT2D eigenvalue weighted by Gasteiger charge is 2.43. The number of thiophene rings is 1. The number of carbonyl (C=O) groups is 2. The summed E-state index contributed by atoms with van der Waals surface area (Å²) in [7, 11) is 0. The average molecular weight is 532 g/mol. The number of hydrogen-bond donors (Lipinski definition) is 2. The molecule has 2 bridgehead atoms. The third kappa shape index (κ3) is 4.60.